The van der Waals surface area contributed by atoms with Gasteiger partial charge in [0.15, 0.2) is 0 Å². The van der Waals surface area contributed by atoms with Crippen molar-refractivity contribution in [1.29, 1.82) is 10.5 Å². The molecule has 0 fully saturated rings. The van der Waals surface area contributed by atoms with Gasteiger partial charge in [-0.15, -0.1) is 0 Å². The van der Waals surface area contributed by atoms with Gasteiger partial charge in [0.1, 0.15) is 0 Å². The lowest BCUT2D eigenvalue weighted by Gasteiger charge is -2.14. The predicted octanol–water partition coefficient (Wildman–Crippen LogP) is 6.45. The van der Waals surface area contributed by atoms with Gasteiger partial charge in [-0.25, -0.2) is 0 Å². The van der Waals surface area contributed by atoms with Gasteiger partial charge in [0.2, 0.25) is 0 Å². The molecule has 4 heteroatoms. The zero-order valence-corrected chi connectivity index (χ0v) is 16.9. The quantitative estimate of drug-likeness (QED) is 0.310. The summed E-state index contributed by atoms with van der Waals surface area (Å²) in [6.45, 7) is 0. The highest BCUT2D eigenvalue weighted by Crippen LogP contribution is 2.39. The van der Waals surface area contributed by atoms with E-state index < -0.39 is 0 Å². The maximum atomic E-state index is 9.23. The van der Waals surface area contributed by atoms with Crippen molar-refractivity contribution in [2.24, 2.45) is 0 Å². The molecular weight excluding hydrogens is 392 g/mol. The van der Waals surface area contributed by atoms with E-state index in [-0.39, 0.29) is 0 Å². The van der Waals surface area contributed by atoms with Crippen LogP contribution in [0.4, 0.5) is 0 Å². The number of pyridine rings is 2. The van der Waals surface area contributed by atoms with Gasteiger partial charge in [-0.2, -0.15) is 10.5 Å². The molecule has 6 aromatic rings. The first kappa shape index (κ1) is 18.0. The molecule has 146 valence electrons. The van der Waals surface area contributed by atoms with Gasteiger partial charge in [0.25, 0.3) is 0 Å². The van der Waals surface area contributed by atoms with Crippen LogP contribution in [0.25, 0.3) is 54.8 Å². The van der Waals surface area contributed by atoms with E-state index >= 15 is 0 Å². The Morgan fingerprint density at radius 1 is 0.500 bits per heavy atom. The summed E-state index contributed by atoms with van der Waals surface area (Å²) in [6.07, 6.45) is 3.35. The lowest BCUT2D eigenvalue weighted by molar-refractivity contribution is 1.31. The predicted molar refractivity (Wildman–Crippen MR) is 126 cm³/mol. The Morgan fingerprint density at radius 3 is 1.22 bits per heavy atom. The molecule has 0 aliphatic rings. The highest BCUT2D eigenvalue weighted by atomic mass is 14.7. The number of aromatic nitrogens is 2. The minimum Gasteiger partial charge on any atom is -0.256 e. The lowest BCUT2D eigenvalue weighted by atomic mass is 9.90. The van der Waals surface area contributed by atoms with Gasteiger partial charge in [-0.3, -0.25) is 9.97 Å². The van der Waals surface area contributed by atoms with Gasteiger partial charge in [-0.05, 0) is 80.8 Å². The molecule has 0 saturated heterocycles. The second-order valence-corrected chi connectivity index (χ2v) is 7.81. The molecule has 0 atom stereocenters. The Labute approximate surface area is 184 Å². The van der Waals surface area contributed by atoms with Crippen LogP contribution >= 0.6 is 0 Å². The molecule has 32 heavy (non-hydrogen) atoms. The van der Waals surface area contributed by atoms with E-state index in [1.807, 2.05) is 12.1 Å². The fraction of sp³-hybridized carbons (Fsp3) is 0. The summed E-state index contributed by atoms with van der Waals surface area (Å²) in [6, 6.07) is 28.5. The standard InChI is InChI=1S/C28H14N4/c29-15-17-5-7-31-25(9-17)23-11-19-1-2-20-12-24(26-10-18(16-30)6-8-32-26)14-22-4-3-21(13-23)27(19)28(20)22/h1-14H. The van der Waals surface area contributed by atoms with Crippen molar-refractivity contribution in [3.8, 4) is 34.7 Å². The van der Waals surface area contributed by atoms with E-state index in [0.717, 1.165) is 44.1 Å². The van der Waals surface area contributed by atoms with Crippen LogP contribution in [0, 0.1) is 22.7 Å². The molecule has 0 radical (unpaired) electrons. The lowest BCUT2D eigenvalue weighted by Crippen LogP contribution is -1.90. The molecule has 2 aromatic heterocycles. The topological polar surface area (TPSA) is 73.4 Å². The van der Waals surface area contributed by atoms with E-state index in [0.29, 0.717) is 11.1 Å². The first-order chi connectivity index (χ1) is 15.7. The zero-order chi connectivity index (χ0) is 21.7. The number of nitriles is 2. The maximum absolute atomic E-state index is 9.23. The Hall–Kier alpha value is -4.80. The second kappa shape index (κ2) is 6.87. The van der Waals surface area contributed by atoms with E-state index in [9.17, 15) is 10.5 Å². The summed E-state index contributed by atoms with van der Waals surface area (Å²) in [5.74, 6) is 0. The van der Waals surface area contributed by atoms with Crippen LogP contribution in [-0.2, 0) is 0 Å². The third-order valence-electron chi connectivity index (χ3n) is 5.90. The normalized spacial score (nSPS) is 11.1. The molecule has 0 aliphatic heterocycles. The van der Waals surface area contributed by atoms with Crippen molar-refractivity contribution < 1.29 is 0 Å². The average molecular weight is 406 g/mol. The molecule has 0 saturated carbocycles. The molecule has 0 spiro atoms. The van der Waals surface area contributed by atoms with Crippen LogP contribution in [0.2, 0.25) is 0 Å². The third-order valence-corrected chi connectivity index (χ3v) is 5.90. The highest BCUT2D eigenvalue weighted by Gasteiger charge is 2.13. The maximum Gasteiger partial charge on any atom is 0.0992 e. The van der Waals surface area contributed by atoms with Crippen molar-refractivity contribution in [3.63, 3.8) is 0 Å². The van der Waals surface area contributed by atoms with Crippen LogP contribution in [-0.4, -0.2) is 9.97 Å². The van der Waals surface area contributed by atoms with Crippen molar-refractivity contribution in [2.45, 2.75) is 0 Å². The van der Waals surface area contributed by atoms with Gasteiger partial charge < -0.3 is 0 Å². The molecule has 0 unspecified atom stereocenters. The van der Waals surface area contributed by atoms with Gasteiger partial charge in [-0.1, -0.05) is 24.3 Å². The third kappa shape index (κ3) is 2.75. The van der Waals surface area contributed by atoms with Crippen molar-refractivity contribution >= 4 is 32.3 Å². The molecule has 6 rings (SSSR count). The van der Waals surface area contributed by atoms with Crippen LogP contribution in [0.3, 0.4) is 0 Å². The van der Waals surface area contributed by atoms with Gasteiger partial charge >= 0.3 is 0 Å². The molecule has 0 amide bonds. The van der Waals surface area contributed by atoms with Crippen LogP contribution in [0.5, 0.6) is 0 Å². The summed E-state index contributed by atoms with van der Waals surface area (Å²) in [7, 11) is 0. The number of hydrogen-bond acceptors (Lipinski definition) is 4. The van der Waals surface area contributed by atoms with Crippen LogP contribution < -0.4 is 0 Å². The summed E-state index contributed by atoms with van der Waals surface area (Å²) >= 11 is 0. The number of nitrogens with zero attached hydrogens (tertiary/aromatic N) is 4. The first-order valence-electron chi connectivity index (χ1n) is 10.2. The SMILES string of the molecule is N#Cc1ccnc(-c2cc3ccc4cc(-c5cc(C#N)ccn5)cc5ccc(c2)c3c45)c1. The number of benzene rings is 4. The summed E-state index contributed by atoms with van der Waals surface area (Å²) < 4.78 is 0. The van der Waals surface area contributed by atoms with Gasteiger partial charge in [0, 0.05) is 23.5 Å². The Kier molecular flexibility index (Phi) is 3.87. The van der Waals surface area contributed by atoms with E-state index in [1.165, 1.54) is 10.8 Å². The number of hydrogen-bond donors (Lipinski definition) is 0. The van der Waals surface area contributed by atoms with Crippen LogP contribution in [0.15, 0.2) is 85.2 Å². The molecule has 4 nitrogen and oxygen atoms in total. The molecule has 0 N–H and O–H groups in total. The first-order valence-corrected chi connectivity index (χ1v) is 10.2. The average Bonchev–Trinajstić information content (AvgIpc) is 2.86. The summed E-state index contributed by atoms with van der Waals surface area (Å²) in [5.41, 5.74) is 4.77. The highest BCUT2D eigenvalue weighted by molar-refractivity contribution is 6.24. The van der Waals surface area contributed by atoms with E-state index in [2.05, 4.69) is 70.6 Å². The molecule has 4 aromatic carbocycles. The molecular formula is C28H14N4. The van der Waals surface area contributed by atoms with E-state index in [4.69, 9.17) is 0 Å². The fourth-order valence-electron chi connectivity index (χ4n) is 4.45. The van der Waals surface area contributed by atoms with Crippen molar-refractivity contribution in [1.82, 2.24) is 9.97 Å². The number of rotatable bonds is 2. The Morgan fingerprint density at radius 2 is 0.875 bits per heavy atom. The molecule has 0 aliphatic carbocycles. The smallest absolute Gasteiger partial charge is 0.0992 e. The van der Waals surface area contributed by atoms with Crippen LogP contribution in [0.1, 0.15) is 11.1 Å². The summed E-state index contributed by atoms with van der Waals surface area (Å²) in [5, 5.41) is 25.4. The minimum atomic E-state index is 0.599. The Bertz CT molecular complexity index is 1560. The summed E-state index contributed by atoms with van der Waals surface area (Å²) in [4.78, 5) is 8.94. The second-order valence-electron chi connectivity index (χ2n) is 7.81. The van der Waals surface area contributed by atoms with Crippen molar-refractivity contribution in [3.05, 3.63) is 96.3 Å². The van der Waals surface area contributed by atoms with Crippen molar-refractivity contribution in [2.75, 3.05) is 0 Å². The largest absolute Gasteiger partial charge is 0.256 e. The zero-order valence-electron chi connectivity index (χ0n) is 16.9. The van der Waals surface area contributed by atoms with E-state index in [1.54, 1.807) is 24.5 Å². The van der Waals surface area contributed by atoms with Gasteiger partial charge in [0.05, 0.1) is 34.7 Å². The molecule has 2 heterocycles. The Balaban J connectivity index is 1.59. The molecule has 0 bridgehead atoms. The fourth-order valence-corrected chi connectivity index (χ4v) is 4.45. The minimum absolute atomic E-state index is 0.599. The monoisotopic (exact) mass is 406 g/mol.